The van der Waals surface area contributed by atoms with Gasteiger partial charge in [-0.05, 0) is 30.6 Å². The summed E-state index contributed by atoms with van der Waals surface area (Å²) >= 11 is 0. The Morgan fingerprint density at radius 2 is 1.96 bits per heavy atom. The van der Waals surface area contributed by atoms with E-state index in [1.54, 1.807) is 18.2 Å². The van der Waals surface area contributed by atoms with Crippen LogP contribution in [0.3, 0.4) is 0 Å². The van der Waals surface area contributed by atoms with Gasteiger partial charge in [0.2, 0.25) is 5.91 Å². The van der Waals surface area contributed by atoms with Crippen LogP contribution >= 0.6 is 0 Å². The molecule has 1 aromatic rings. The molecule has 1 N–H and O–H groups in total. The number of rotatable bonds is 2. The maximum Gasteiger partial charge on any atom is 2.00 e. The van der Waals surface area contributed by atoms with Crippen molar-refractivity contribution in [3.8, 4) is 0 Å². The van der Waals surface area contributed by atoms with Crippen molar-refractivity contribution >= 4 is 11.8 Å². The summed E-state index contributed by atoms with van der Waals surface area (Å²) < 4.78 is 0. The van der Waals surface area contributed by atoms with Gasteiger partial charge >= 0.3 is 21.1 Å². The van der Waals surface area contributed by atoms with E-state index in [1.807, 2.05) is 6.07 Å². The molecule has 1 saturated heterocycles. The molecule has 0 aromatic heterocycles. The second-order valence-electron chi connectivity index (χ2n) is 7.12. The van der Waals surface area contributed by atoms with Gasteiger partial charge in [-0.2, -0.15) is 0 Å². The van der Waals surface area contributed by atoms with Gasteiger partial charge < -0.3 is 15.4 Å². The molecular formula is C21H32N2O2W. The zero-order valence-corrected chi connectivity index (χ0v) is 19.7. The van der Waals surface area contributed by atoms with E-state index in [9.17, 15) is 9.59 Å². The first-order valence-corrected chi connectivity index (χ1v) is 8.78. The zero-order chi connectivity index (χ0) is 19.3. The molecule has 2 rings (SSSR count). The molecular weight excluding hydrogens is 496 g/mol. The Bertz CT molecular complexity index is 523. The fourth-order valence-corrected chi connectivity index (χ4v) is 2.18. The largest absolute Gasteiger partial charge is 2.00 e. The van der Waals surface area contributed by atoms with Gasteiger partial charge in [-0.1, -0.05) is 40.7 Å². The summed E-state index contributed by atoms with van der Waals surface area (Å²) in [6.45, 7) is 12.7. The SMILES string of the molecule is C=C1CCCC(=O)N1.CCCC(C)(C)C.C[N-]C(=O)c1[c-]cccc1.[W+2]. The first-order chi connectivity index (χ1) is 11.7. The van der Waals surface area contributed by atoms with E-state index in [4.69, 9.17) is 0 Å². The summed E-state index contributed by atoms with van der Waals surface area (Å²) in [5.74, 6) is -0.109. The molecule has 0 atom stereocenters. The van der Waals surface area contributed by atoms with Crippen molar-refractivity contribution in [2.45, 2.75) is 59.8 Å². The number of hydrogen-bond donors (Lipinski definition) is 1. The Hall–Kier alpha value is -1.41. The zero-order valence-electron chi connectivity index (χ0n) is 16.7. The summed E-state index contributed by atoms with van der Waals surface area (Å²) in [5, 5.41) is 6.13. The molecule has 1 aromatic carbocycles. The fourth-order valence-electron chi connectivity index (χ4n) is 2.18. The minimum absolute atomic E-state index is 0. The van der Waals surface area contributed by atoms with E-state index in [0.29, 0.717) is 17.4 Å². The van der Waals surface area contributed by atoms with Crippen LogP contribution in [-0.4, -0.2) is 18.9 Å². The van der Waals surface area contributed by atoms with E-state index in [-0.39, 0.29) is 32.9 Å². The van der Waals surface area contributed by atoms with Gasteiger partial charge in [0.15, 0.2) is 0 Å². The van der Waals surface area contributed by atoms with Crippen molar-refractivity contribution < 1.29 is 30.7 Å². The third kappa shape index (κ3) is 14.9. The molecule has 0 radical (unpaired) electrons. The van der Waals surface area contributed by atoms with Gasteiger partial charge in [-0.3, -0.25) is 4.79 Å². The number of nitrogens with one attached hydrogen (secondary N) is 1. The van der Waals surface area contributed by atoms with Crippen LogP contribution in [0.25, 0.3) is 5.32 Å². The van der Waals surface area contributed by atoms with Crippen LogP contribution in [0.1, 0.15) is 70.2 Å². The molecule has 1 aliphatic rings. The summed E-state index contributed by atoms with van der Waals surface area (Å²) in [5.41, 5.74) is 1.93. The van der Waals surface area contributed by atoms with E-state index in [0.717, 1.165) is 18.5 Å². The van der Waals surface area contributed by atoms with Gasteiger partial charge in [-0.25, -0.2) is 0 Å². The number of carbonyl (C=O) groups excluding carboxylic acids is 2. The summed E-state index contributed by atoms with van der Waals surface area (Å²) in [7, 11) is 1.48. The van der Waals surface area contributed by atoms with Crippen molar-refractivity contribution in [1.82, 2.24) is 5.32 Å². The standard InChI is InChI=1S/C8H8NO.C7H16.C6H9NO.W/c1-9-8(10)7-5-3-2-4-6-7;1-5-6-7(2,3)4;1-5-3-2-4-6(8)7-5;/h2-5H,1H3,(H,9,10);5-6H2,1-4H3;1-4H2,(H,7,8);/q-1;;;+2/p-1. The van der Waals surface area contributed by atoms with Crippen LogP contribution in [0.15, 0.2) is 36.5 Å². The summed E-state index contributed by atoms with van der Waals surface area (Å²) in [6, 6.07) is 9.76. The number of nitrogens with zero attached hydrogens (tertiary/aromatic N) is 1. The Kier molecular flexibility index (Phi) is 15.2. The third-order valence-corrected chi connectivity index (χ3v) is 3.34. The molecule has 26 heavy (non-hydrogen) atoms. The predicted molar refractivity (Wildman–Crippen MR) is 104 cm³/mol. The maximum atomic E-state index is 10.8. The summed E-state index contributed by atoms with van der Waals surface area (Å²) in [6.07, 6.45) is 5.23. The molecule has 2 amide bonds. The predicted octanol–water partition coefficient (Wildman–Crippen LogP) is 5.26. The van der Waals surface area contributed by atoms with Crippen LogP contribution in [0.2, 0.25) is 0 Å². The minimum atomic E-state index is -0.222. The number of allylic oxidation sites excluding steroid dienone is 1. The normalized spacial score (nSPS) is 13.0. The van der Waals surface area contributed by atoms with Crippen LogP contribution in [0.4, 0.5) is 0 Å². The molecule has 144 valence electrons. The van der Waals surface area contributed by atoms with Gasteiger partial charge in [0.1, 0.15) is 0 Å². The number of carbonyl (C=O) groups is 2. The van der Waals surface area contributed by atoms with E-state index in [2.05, 4.69) is 51.0 Å². The van der Waals surface area contributed by atoms with Crippen molar-refractivity contribution in [3.05, 3.63) is 53.5 Å². The monoisotopic (exact) mass is 528 g/mol. The van der Waals surface area contributed by atoms with Gasteiger partial charge in [-0.15, -0.1) is 42.9 Å². The molecule has 0 bridgehead atoms. The van der Waals surface area contributed by atoms with Crippen LogP contribution < -0.4 is 5.32 Å². The Morgan fingerprint density at radius 3 is 2.27 bits per heavy atom. The van der Waals surface area contributed by atoms with E-state index >= 15 is 0 Å². The maximum absolute atomic E-state index is 10.8. The fraction of sp³-hybridized carbons (Fsp3) is 0.524. The van der Waals surface area contributed by atoms with E-state index < -0.39 is 0 Å². The molecule has 1 fully saturated rings. The number of amides is 2. The molecule has 0 unspecified atom stereocenters. The quantitative estimate of drug-likeness (QED) is 0.533. The van der Waals surface area contributed by atoms with E-state index in [1.165, 1.54) is 19.9 Å². The molecule has 1 heterocycles. The number of benzene rings is 1. The molecule has 0 saturated carbocycles. The van der Waals surface area contributed by atoms with Crippen LogP contribution in [-0.2, 0) is 25.9 Å². The van der Waals surface area contributed by atoms with Crippen LogP contribution in [0, 0.1) is 11.5 Å². The second-order valence-corrected chi connectivity index (χ2v) is 7.12. The molecule has 4 nitrogen and oxygen atoms in total. The molecule has 1 aliphatic heterocycles. The average molecular weight is 528 g/mol. The van der Waals surface area contributed by atoms with Crippen molar-refractivity contribution in [2.75, 3.05) is 7.05 Å². The van der Waals surface area contributed by atoms with Gasteiger partial charge in [0.25, 0.3) is 0 Å². The first-order valence-electron chi connectivity index (χ1n) is 8.78. The molecule has 5 heteroatoms. The molecule has 0 spiro atoms. The third-order valence-electron chi connectivity index (χ3n) is 3.34. The smallest absolute Gasteiger partial charge is 0.697 e. The van der Waals surface area contributed by atoms with Crippen molar-refractivity contribution in [3.63, 3.8) is 0 Å². The number of piperidine rings is 1. The topological polar surface area (TPSA) is 60.3 Å². The minimum Gasteiger partial charge on any atom is -0.697 e. The first kappa shape index (κ1) is 26.8. The van der Waals surface area contributed by atoms with Gasteiger partial charge in [0, 0.05) is 12.1 Å². The Labute approximate surface area is 173 Å². The second kappa shape index (κ2) is 14.7. The van der Waals surface area contributed by atoms with Gasteiger partial charge in [0.05, 0.1) is 0 Å². The number of hydrogen-bond acceptors (Lipinski definition) is 2. The average Bonchev–Trinajstić information content (AvgIpc) is 2.55. The molecule has 0 aliphatic carbocycles. The van der Waals surface area contributed by atoms with Crippen molar-refractivity contribution in [2.24, 2.45) is 5.41 Å². The Balaban J connectivity index is 0. The van der Waals surface area contributed by atoms with Crippen LogP contribution in [0.5, 0.6) is 0 Å². The van der Waals surface area contributed by atoms with Crippen molar-refractivity contribution in [1.29, 1.82) is 0 Å². The summed E-state index contributed by atoms with van der Waals surface area (Å²) in [4.78, 5) is 21.3. The Morgan fingerprint density at radius 1 is 1.31 bits per heavy atom.